The summed E-state index contributed by atoms with van der Waals surface area (Å²) in [6, 6.07) is 19.5. The molecule has 0 saturated carbocycles. The molecule has 0 amide bonds. The van der Waals surface area contributed by atoms with E-state index in [1.165, 1.54) is 0 Å². The molecule has 24 heavy (non-hydrogen) atoms. The van der Waals surface area contributed by atoms with Crippen molar-refractivity contribution in [2.75, 3.05) is 0 Å². The Balaban J connectivity index is 2.02. The molecule has 0 unspecified atom stereocenters. The third-order valence-corrected chi connectivity index (χ3v) is 4.38. The second-order valence-corrected chi connectivity index (χ2v) is 6.36. The van der Waals surface area contributed by atoms with E-state index in [0.29, 0.717) is 10.2 Å². The highest BCUT2D eigenvalue weighted by Crippen LogP contribution is 2.32. The Morgan fingerprint density at radius 1 is 0.875 bits per heavy atom. The molecule has 0 bridgehead atoms. The van der Waals surface area contributed by atoms with E-state index in [-0.39, 0.29) is 0 Å². The van der Waals surface area contributed by atoms with Crippen LogP contribution in [0, 0.1) is 6.92 Å². The molecular formula is C19H13Cl2N3. The fraction of sp³-hybridized carbons (Fsp3) is 0.0526. The molecule has 0 fully saturated rings. The second-order valence-electron chi connectivity index (χ2n) is 5.53. The SMILES string of the molecule is Cc1nn2c(-c3ccccc3)cc(Cl)nc2c1-c1ccc(Cl)cc1. The molecule has 2 aromatic carbocycles. The highest BCUT2D eigenvalue weighted by atomic mass is 35.5. The second kappa shape index (κ2) is 5.93. The first-order chi connectivity index (χ1) is 11.6. The molecule has 0 N–H and O–H groups in total. The van der Waals surface area contributed by atoms with Gasteiger partial charge in [0.15, 0.2) is 5.65 Å². The minimum Gasteiger partial charge on any atom is -0.216 e. The van der Waals surface area contributed by atoms with Gasteiger partial charge in [-0.25, -0.2) is 9.50 Å². The molecule has 5 heteroatoms. The normalized spacial score (nSPS) is 11.1. The van der Waals surface area contributed by atoms with Gasteiger partial charge < -0.3 is 0 Å². The van der Waals surface area contributed by atoms with E-state index < -0.39 is 0 Å². The van der Waals surface area contributed by atoms with Crippen LogP contribution in [-0.2, 0) is 0 Å². The van der Waals surface area contributed by atoms with E-state index in [1.54, 1.807) is 0 Å². The summed E-state index contributed by atoms with van der Waals surface area (Å²) in [4.78, 5) is 4.51. The lowest BCUT2D eigenvalue weighted by Gasteiger charge is -2.06. The fourth-order valence-electron chi connectivity index (χ4n) is 2.86. The first-order valence-electron chi connectivity index (χ1n) is 7.51. The number of nitrogens with zero attached hydrogens (tertiary/aromatic N) is 3. The molecule has 2 heterocycles. The highest BCUT2D eigenvalue weighted by molar-refractivity contribution is 6.30. The first kappa shape index (κ1) is 15.2. The van der Waals surface area contributed by atoms with Gasteiger partial charge in [0, 0.05) is 22.2 Å². The number of halogens is 2. The van der Waals surface area contributed by atoms with Gasteiger partial charge >= 0.3 is 0 Å². The van der Waals surface area contributed by atoms with Crippen LogP contribution in [0.3, 0.4) is 0 Å². The molecule has 118 valence electrons. The first-order valence-corrected chi connectivity index (χ1v) is 8.26. The zero-order chi connectivity index (χ0) is 16.7. The summed E-state index contributed by atoms with van der Waals surface area (Å²) in [5.41, 5.74) is 5.56. The van der Waals surface area contributed by atoms with E-state index in [2.05, 4.69) is 4.98 Å². The van der Waals surface area contributed by atoms with Crippen molar-refractivity contribution < 1.29 is 0 Å². The van der Waals surface area contributed by atoms with Crippen LogP contribution in [0.5, 0.6) is 0 Å². The Morgan fingerprint density at radius 2 is 1.58 bits per heavy atom. The maximum absolute atomic E-state index is 6.29. The van der Waals surface area contributed by atoms with Crippen molar-refractivity contribution >= 4 is 28.8 Å². The van der Waals surface area contributed by atoms with Crippen molar-refractivity contribution in [3.8, 4) is 22.4 Å². The van der Waals surface area contributed by atoms with Gasteiger partial charge in [-0.3, -0.25) is 0 Å². The zero-order valence-electron chi connectivity index (χ0n) is 12.9. The summed E-state index contributed by atoms with van der Waals surface area (Å²) in [5.74, 6) is 0. The van der Waals surface area contributed by atoms with Gasteiger partial charge in [0.2, 0.25) is 0 Å². The minimum atomic E-state index is 0.441. The molecule has 3 nitrogen and oxygen atoms in total. The number of aromatic nitrogens is 3. The summed E-state index contributed by atoms with van der Waals surface area (Å²) in [5, 5.41) is 5.83. The number of rotatable bonds is 2. The Bertz CT molecular complexity index is 1020. The lowest BCUT2D eigenvalue weighted by atomic mass is 10.1. The topological polar surface area (TPSA) is 30.2 Å². The van der Waals surface area contributed by atoms with E-state index in [0.717, 1.165) is 33.7 Å². The molecule has 0 spiro atoms. The van der Waals surface area contributed by atoms with E-state index in [9.17, 15) is 0 Å². The van der Waals surface area contributed by atoms with Crippen molar-refractivity contribution in [1.29, 1.82) is 0 Å². The van der Waals surface area contributed by atoms with Crippen LogP contribution in [0.15, 0.2) is 60.7 Å². The third-order valence-electron chi connectivity index (χ3n) is 3.94. The Morgan fingerprint density at radius 3 is 2.29 bits per heavy atom. The predicted octanol–water partition coefficient (Wildman–Crippen LogP) is 5.68. The molecule has 0 saturated heterocycles. The molecule has 0 atom stereocenters. The molecular weight excluding hydrogens is 341 g/mol. The molecule has 2 aromatic heterocycles. The Hall–Kier alpha value is -2.36. The number of fused-ring (bicyclic) bond motifs is 1. The van der Waals surface area contributed by atoms with Gasteiger partial charge in [0.25, 0.3) is 0 Å². The Kier molecular flexibility index (Phi) is 3.75. The summed E-state index contributed by atoms with van der Waals surface area (Å²) in [6.07, 6.45) is 0. The summed E-state index contributed by atoms with van der Waals surface area (Å²) in [6.45, 7) is 1.97. The molecule has 0 radical (unpaired) electrons. The average Bonchev–Trinajstić information content (AvgIpc) is 2.91. The summed E-state index contributed by atoms with van der Waals surface area (Å²) >= 11 is 12.3. The smallest absolute Gasteiger partial charge is 0.165 e. The number of benzene rings is 2. The van der Waals surface area contributed by atoms with Crippen LogP contribution < -0.4 is 0 Å². The maximum atomic E-state index is 6.29. The molecule has 0 aliphatic carbocycles. The molecule has 4 rings (SSSR count). The van der Waals surface area contributed by atoms with Crippen molar-refractivity contribution in [1.82, 2.24) is 14.6 Å². The standard InChI is InChI=1S/C19H13Cl2N3/c1-12-18(14-7-9-15(20)10-8-14)19-22-17(21)11-16(24(19)23-12)13-5-3-2-4-6-13/h2-11H,1H3. The van der Waals surface area contributed by atoms with E-state index in [1.807, 2.05) is 72.1 Å². The average molecular weight is 354 g/mol. The highest BCUT2D eigenvalue weighted by Gasteiger charge is 2.17. The van der Waals surface area contributed by atoms with Gasteiger partial charge in [0.1, 0.15) is 5.15 Å². The largest absolute Gasteiger partial charge is 0.216 e. The summed E-state index contributed by atoms with van der Waals surface area (Å²) < 4.78 is 1.85. The van der Waals surface area contributed by atoms with Crippen LogP contribution in [-0.4, -0.2) is 14.6 Å². The van der Waals surface area contributed by atoms with Gasteiger partial charge in [-0.2, -0.15) is 5.10 Å². The molecule has 0 aliphatic rings. The predicted molar refractivity (Wildman–Crippen MR) is 98.6 cm³/mol. The lowest BCUT2D eigenvalue weighted by Crippen LogP contribution is -1.97. The fourth-order valence-corrected chi connectivity index (χ4v) is 3.17. The number of hydrogen-bond donors (Lipinski definition) is 0. The monoisotopic (exact) mass is 353 g/mol. The van der Waals surface area contributed by atoms with Crippen LogP contribution in [0.4, 0.5) is 0 Å². The Labute approximate surface area is 149 Å². The van der Waals surface area contributed by atoms with Crippen molar-refractivity contribution in [3.63, 3.8) is 0 Å². The summed E-state index contributed by atoms with van der Waals surface area (Å²) in [7, 11) is 0. The lowest BCUT2D eigenvalue weighted by molar-refractivity contribution is 0.925. The zero-order valence-corrected chi connectivity index (χ0v) is 14.4. The van der Waals surface area contributed by atoms with Crippen molar-refractivity contribution in [3.05, 3.63) is 76.5 Å². The van der Waals surface area contributed by atoms with Crippen LogP contribution in [0.25, 0.3) is 28.0 Å². The van der Waals surface area contributed by atoms with Crippen LogP contribution in [0.1, 0.15) is 5.69 Å². The van der Waals surface area contributed by atoms with Gasteiger partial charge in [-0.05, 0) is 24.6 Å². The number of hydrogen-bond acceptors (Lipinski definition) is 2. The van der Waals surface area contributed by atoms with Gasteiger partial charge in [-0.1, -0.05) is 65.7 Å². The van der Waals surface area contributed by atoms with E-state index in [4.69, 9.17) is 28.3 Å². The quantitative estimate of drug-likeness (QED) is 0.434. The third kappa shape index (κ3) is 2.56. The molecule has 0 aliphatic heterocycles. The van der Waals surface area contributed by atoms with E-state index >= 15 is 0 Å². The maximum Gasteiger partial charge on any atom is 0.165 e. The van der Waals surface area contributed by atoms with Crippen LogP contribution >= 0.6 is 23.2 Å². The van der Waals surface area contributed by atoms with Crippen molar-refractivity contribution in [2.45, 2.75) is 6.92 Å². The van der Waals surface area contributed by atoms with Gasteiger partial charge in [0.05, 0.1) is 11.4 Å². The van der Waals surface area contributed by atoms with Crippen LogP contribution in [0.2, 0.25) is 10.2 Å². The van der Waals surface area contributed by atoms with Gasteiger partial charge in [-0.15, -0.1) is 0 Å². The molecule has 4 aromatic rings. The number of aryl methyl sites for hydroxylation is 1. The van der Waals surface area contributed by atoms with Crippen molar-refractivity contribution in [2.24, 2.45) is 0 Å². The minimum absolute atomic E-state index is 0.441.